The predicted octanol–water partition coefficient (Wildman–Crippen LogP) is 3.84. The van der Waals surface area contributed by atoms with Crippen molar-refractivity contribution in [1.82, 2.24) is 10.2 Å². The predicted molar refractivity (Wildman–Crippen MR) is 159 cm³/mol. The minimum Gasteiger partial charge on any atom is -0.480 e. The molecule has 0 bridgehead atoms. The third-order valence-electron chi connectivity index (χ3n) is 8.73. The smallest absolute Gasteiger partial charge is 0.407 e. The van der Waals surface area contributed by atoms with Gasteiger partial charge in [0, 0.05) is 56.9 Å². The number of amides is 1. The molecule has 0 aromatic heterocycles. The van der Waals surface area contributed by atoms with Crippen LogP contribution in [0, 0.1) is 0 Å². The number of aliphatic hydroxyl groups excluding tert-OH is 1. The first-order chi connectivity index (χ1) is 20.5. The van der Waals surface area contributed by atoms with E-state index < -0.39 is 24.3 Å². The Morgan fingerprint density at radius 1 is 0.929 bits per heavy atom. The summed E-state index contributed by atoms with van der Waals surface area (Å²) in [7, 11) is 0. The van der Waals surface area contributed by atoms with E-state index in [9.17, 15) is 19.8 Å². The molecule has 0 saturated carbocycles. The van der Waals surface area contributed by atoms with Crippen molar-refractivity contribution in [3.05, 3.63) is 89.5 Å². The van der Waals surface area contributed by atoms with Gasteiger partial charge in [-0.15, -0.1) is 0 Å². The van der Waals surface area contributed by atoms with Gasteiger partial charge < -0.3 is 29.9 Å². The molecule has 2 heterocycles. The minimum absolute atomic E-state index is 0.104. The molecule has 9 nitrogen and oxygen atoms in total. The Balaban J connectivity index is 1.03. The third kappa shape index (κ3) is 5.99. The molecule has 1 aliphatic carbocycles. The molecule has 2 atom stereocenters. The number of carbonyl (C=O) groups is 2. The molecule has 6 rings (SSSR count). The number of ether oxygens (including phenoxy) is 2. The van der Waals surface area contributed by atoms with E-state index in [4.69, 9.17) is 9.47 Å². The molecular weight excluding hydrogens is 534 g/mol. The Kier molecular flexibility index (Phi) is 8.41. The number of benzene rings is 3. The average Bonchev–Trinajstić information content (AvgIpc) is 3.34. The van der Waals surface area contributed by atoms with E-state index in [0.29, 0.717) is 19.1 Å². The number of nitrogens with zero attached hydrogens (tertiary/aromatic N) is 2. The SMILES string of the molecule is O=C(N[C@@H](Cc1ccc(N2CCN(C3CCOCC3)C[C@@H]2O)cc1)C(=O)O)OCC1c2ccccc2-c2ccccc21. The maximum Gasteiger partial charge on any atom is 0.407 e. The molecule has 1 amide bonds. The number of carboxylic acids is 1. The van der Waals surface area contributed by atoms with Crippen LogP contribution in [-0.2, 0) is 20.7 Å². The highest BCUT2D eigenvalue weighted by atomic mass is 16.5. The molecule has 0 radical (unpaired) electrons. The number of alkyl carbamates (subject to hydrolysis) is 1. The van der Waals surface area contributed by atoms with Crippen molar-refractivity contribution in [2.45, 2.75) is 43.5 Å². The van der Waals surface area contributed by atoms with Crippen molar-refractivity contribution in [1.29, 1.82) is 0 Å². The molecule has 3 aromatic carbocycles. The summed E-state index contributed by atoms with van der Waals surface area (Å²) in [6.45, 7) is 3.82. The van der Waals surface area contributed by atoms with Gasteiger partial charge in [0.05, 0.1) is 0 Å². The fraction of sp³-hybridized carbons (Fsp3) is 0.394. The Morgan fingerprint density at radius 3 is 2.19 bits per heavy atom. The number of nitrogens with one attached hydrogen (secondary N) is 1. The van der Waals surface area contributed by atoms with Gasteiger partial charge in [-0.1, -0.05) is 60.7 Å². The van der Waals surface area contributed by atoms with E-state index in [1.54, 1.807) is 0 Å². The normalized spacial score (nSPS) is 20.0. The lowest BCUT2D eigenvalue weighted by molar-refractivity contribution is -0.139. The van der Waals surface area contributed by atoms with E-state index in [2.05, 4.69) is 22.3 Å². The van der Waals surface area contributed by atoms with Gasteiger partial charge in [0.15, 0.2) is 0 Å². The summed E-state index contributed by atoms with van der Waals surface area (Å²) in [6.07, 6.45) is 0.729. The third-order valence-corrected chi connectivity index (χ3v) is 8.73. The van der Waals surface area contributed by atoms with Crippen LogP contribution < -0.4 is 10.2 Å². The van der Waals surface area contributed by atoms with Gasteiger partial charge in [-0.3, -0.25) is 4.90 Å². The number of aliphatic hydroxyl groups is 1. The molecule has 3 aliphatic rings. The van der Waals surface area contributed by atoms with Gasteiger partial charge in [-0.25, -0.2) is 9.59 Å². The van der Waals surface area contributed by atoms with Crippen LogP contribution in [0.2, 0.25) is 0 Å². The largest absolute Gasteiger partial charge is 0.480 e. The minimum atomic E-state index is -1.14. The summed E-state index contributed by atoms with van der Waals surface area (Å²) < 4.78 is 11.0. The summed E-state index contributed by atoms with van der Waals surface area (Å²) in [5, 5.41) is 23.2. The summed E-state index contributed by atoms with van der Waals surface area (Å²) in [5.41, 5.74) is 6.09. The highest BCUT2D eigenvalue weighted by Gasteiger charge is 2.32. The standard InChI is InChI=1S/C33H37N3O6/c37-31-20-35(23-13-17-41-18-14-23)15-16-36(31)24-11-9-22(10-12-24)19-30(32(38)39)34-33(40)42-21-29-27-7-3-1-5-25(27)26-6-2-4-8-28(26)29/h1-12,23,29-31,37H,13-21H2,(H,34,40)(H,38,39)/t30-,31-/m0/s1. The van der Waals surface area contributed by atoms with Crippen LogP contribution in [0.15, 0.2) is 72.8 Å². The number of hydrogen-bond donors (Lipinski definition) is 3. The molecule has 3 N–H and O–H groups in total. The van der Waals surface area contributed by atoms with E-state index in [-0.39, 0.29) is 18.9 Å². The van der Waals surface area contributed by atoms with Crippen molar-refractivity contribution in [2.24, 2.45) is 0 Å². The van der Waals surface area contributed by atoms with Gasteiger partial charge >= 0.3 is 12.1 Å². The lowest BCUT2D eigenvalue weighted by Gasteiger charge is -2.44. The van der Waals surface area contributed by atoms with E-state index in [1.165, 1.54) is 0 Å². The zero-order valence-electron chi connectivity index (χ0n) is 23.5. The topological polar surface area (TPSA) is 112 Å². The van der Waals surface area contributed by atoms with Gasteiger partial charge in [-0.2, -0.15) is 0 Å². The molecule has 9 heteroatoms. The number of carboxylic acid groups (broad SMARTS) is 1. The van der Waals surface area contributed by atoms with Crippen molar-refractivity contribution < 1.29 is 29.3 Å². The second-order valence-corrected chi connectivity index (χ2v) is 11.2. The highest BCUT2D eigenvalue weighted by molar-refractivity contribution is 5.81. The molecule has 2 aliphatic heterocycles. The fourth-order valence-corrected chi connectivity index (χ4v) is 6.51. The van der Waals surface area contributed by atoms with E-state index in [1.807, 2.05) is 65.6 Å². The van der Waals surface area contributed by atoms with Crippen LogP contribution in [0.25, 0.3) is 11.1 Å². The first-order valence-corrected chi connectivity index (χ1v) is 14.7. The van der Waals surface area contributed by atoms with Crippen molar-refractivity contribution in [2.75, 3.05) is 44.4 Å². The lowest BCUT2D eigenvalue weighted by Crippen LogP contribution is -2.56. The quantitative estimate of drug-likeness (QED) is 0.374. The Hall–Kier alpha value is -3.92. The Labute approximate surface area is 245 Å². The summed E-state index contributed by atoms with van der Waals surface area (Å²) in [5.74, 6) is -1.24. The van der Waals surface area contributed by atoms with E-state index in [0.717, 1.165) is 66.1 Å². The molecule has 2 fully saturated rings. The van der Waals surface area contributed by atoms with Gasteiger partial charge in [0.25, 0.3) is 0 Å². The second-order valence-electron chi connectivity index (χ2n) is 11.2. The molecule has 220 valence electrons. The van der Waals surface area contributed by atoms with Gasteiger partial charge in [0.1, 0.15) is 18.9 Å². The Morgan fingerprint density at radius 2 is 1.57 bits per heavy atom. The summed E-state index contributed by atoms with van der Waals surface area (Å²) in [4.78, 5) is 29.1. The maximum absolute atomic E-state index is 12.7. The number of piperazine rings is 1. The second kappa shape index (κ2) is 12.5. The first-order valence-electron chi connectivity index (χ1n) is 14.7. The molecular formula is C33H37N3O6. The number of β-amino-alcohol motifs (C(OH)–C–C–N with tert-alkyl or cyclic N) is 1. The summed E-state index contributed by atoms with van der Waals surface area (Å²) >= 11 is 0. The molecule has 2 saturated heterocycles. The molecule has 3 aromatic rings. The van der Waals surface area contributed by atoms with Crippen LogP contribution in [0.3, 0.4) is 0 Å². The maximum atomic E-state index is 12.7. The van der Waals surface area contributed by atoms with Crippen molar-refractivity contribution in [3.8, 4) is 11.1 Å². The number of carbonyl (C=O) groups excluding carboxylic acids is 1. The lowest BCUT2D eigenvalue weighted by atomic mass is 9.98. The van der Waals surface area contributed by atoms with Crippen LogP contribution >= 0.6 is 0 Å². The van der Waals surface area contributed by atoms with Gasteiger partial charge in [-0.05, 0) is 52.8 Å². The van der Waals surface area contributed by atoms with Crippen LogP contribution in [0.5, 0.6) is 0 Å². The number of fused-ring (bicyclic) bond motifs is 3. The monoisotopic (exact) mass is 571 g/mol. The number of anilines is 1. The molecule has 42 heavy (non-hydrogen) atoms. The first kappa shape index (κ1) is 28.2. The van der Waals surface area contributed by atoms with E-state index >= 15 is 0 Å². The van der Waals surface area contributed by atoms with Crippen LogP contribution in [-0.4, -0.2) is 84.9 Å². The number of aliphatic carboxylic acids is 1. The fourth-order valence-electron chi connectivity index (χ4n) is 6.51. The molecule has 0 unspecified atom stereocenters. The number of hydrogen-bond acceptors (Lipinski definition) is 7. The van der Waals surface area contributed by atoms with Crippen LogP contribution in [0.1, 0.15) is 35.4 Å². The highest BCUT2D eigenvalue weighted by Crippen LogP contribution is 2.44. The van der Waals surface area contributed by atoms with Gasteiger partial charge in [0.2, 0.25) is 0 Å². The average molecular weight is 572 g/mol. The Bertz CT molecular complexity index is 1360. The summed E-state index contributed by atoms with van der Waals surface area (Å²) in [6, 6.07) is 22.9. The number of rotatable bonds is 8. The van der Waals surface area contributed by atoms with Crippen molar-refractivity contribution in [3.63, 3.8) is 0 Å². The van der Waals surface area contributed by atoms with Crippen molar-refractivity contribution >= 4 is 17.7 Å². The zero-order chi connectivity index (χ0) is 29.1. The van der Waals surface area contributed by atoms with Crippen LogP contribution in [0.4, 0.5) is 10.5 Å². The zero-order valence-corrected chi connectivity index (χ0v) is 23.5. The molecule has 0 spiro atoms.